The molecular weight excluding hydrogens is 430 g/mol. The molecule has 35 heavy (non-hydrogen) atoms. The van der Waals surface area contributed by atoms with Crippen LogP contribution in [0.15, 0.2) is 24.3 Å². The first kappa shape index (κ1) is 27.8. The monoisotopic (exact) mass is 479 g/mol. The van der Waals surface area contributed by atoms with Gasteiger partial charge in [-0.3, -0.25) is 0 Å². The summed E-state index contributed by atoms with van der Waals surface area (Å²) in [4.78, 5) is 12.8. The van der Waals surface area contributed by atoms with Crippen molar-refractivity contribution in [2.45, 2.75) is 141 Å². The molecule has 0 heterocycles. The van der Waals surface area contributed by atoms with Gasteiger partial charge in [-0.25, -0.2) is 4.79 Å². The Hall–Kier alpha value is -1.82. The Morgan fingerprint density at radius 1 is 0.886 bits per heavy atom. The first-order valence-electron chi connectivity index (χ1n) is 14.8. The van der Waals surface area contributed by atoms with E-state index in [0.29, 0.717) is 11.5 Å². The molecular formula is C32H49NO2. The number of carbonyl (C=O) groups excluding carboxylic acids is 1. The summed E-state index contributed by atoms with van der Waals surface area (Å²) in [6.07, 6.45) is 21.2. The van der Waals surface area contributed by atoms with E-state index < -0.39 is 0 Å². The van der Waals surface area contributed by atoms with Gasteiger partial charge in [0.25, 0.3) is 0 Å². The Kier molecular flexibility index (Phi) is 11.6. The van der Waals surface area contributed by atoms with Crippen LogP contribution < -0.4 is 0 Å². The number of carbonyl (C=O) groups is 1. The number of nitrogens with zero attached hydrogens (tertiary/aromatic N) is 1. The van der Waals surface area contributed by atoms with E-state index >= 15 is 0 Å². The summed E-state index contributed by atoms with van der Waals surface area (Å²) < 4.78 is 5.87. The lowest BCUT2D eigenvalue weighted by atomic mass is 9.71. The van der Waals surface area contributed by atoms with E-state index in [-0.39, 0.29) is 17.5 Å². The topological polar surface area (TPSA) is 50.1 Å². The van der Waals surface area contributed by atoms with Crippen molar-refractivity contribution >= 4 is 5.97 Å². The summed E-state index contributed by atoms with van der Waals surface area (Å²) in [6, 6.07) is 10.9. The standard InChI is InChI=1S/C32H49NO2/c1-3-5-7-8-10-22-32(25-33)23-20-30(21-24-32)35-31(34)29-18-16-28(17-19-29)27-14-12-26(13-15-27)11-9-6-4-2/h16-19,26-27,30H,3-15,20-24H2,1-2H3. The number of esters is 1. The van der Waals surface area contributed by atoms with Crippen LogP contribution in [0.25, 0.3) is 0 Å². The van der Waals surface area contributed by atoms with E-state index in [1.165, 1.54) is 82.6 Å². The Morgan fingerprint density at radius 2 is 1.51 bits per heavy atom. The molecule has 2 aliphatic carbocycles. The number of unbranched alkanes of at least 4 members (excludes halogenated alkanes) is 6. The Labute approximate surface area is 215 Å². The van der Waals surface area contributed by atoms with Crippen LogP contribution in [-0.2, 0) is 4.74 Å². The molecule has 0 aliphatic heterocycles. The highest BCUT2D eigenvalue weighted by Gasteiger charge is 2.36. The predicted molar refractivity (Wildman–Crippen MR) is 144 cm³/mol. The molecule has 3 rings (SSSR count). The van der Waals surface area contributed by atoms with Gasteiger partial charge in [0.2, 0.25) is 0 Å². The van der Waals surface area contributed by atoms with Crippen LogP contribution in [0.5, 0.6) is 0 Å². The van der Waals surface area contributed by atoms with Crippen molar-refractivity contribution in [3.8, 4) is 6.07 Å². The molecule has 0 atom stereocenters. The molecule has 1 aromatic rings. The van der Waals surface area contributed by atoms with Gasteiger partial charge in [-0.2, -0.15) is 5.26 Å². The van der Waals surface area contributed by atoms with Crippen molar-refractivity contribution in [3.63, 3.8) is 0 Å². The minimum Gasteiger partial charge on any atom is -0.459 e. The fourth-order valence-corrected chi connectivity index (χ4v) is 6.32. The number of hydrogen-bond donors (Lipinski definition) is 0. The molecule has 3 heteroatoms. The van der Waals surface area contributed by atoms with E-state index in [9.17, 15) is 10.1 Å². The van der Waals surface area contributed by atoms with Crippen LogP contribution in [0.2, 0.25) is 0 Å². The van der Waals surface area contributed by atoms with Gasteiger partial charge in [-0.15, -0.1) is 0 Å². The van der Waals surface area contributed by atoms with Gasteiger partial charge in [-0.05, 0) is 87.3 Å². The van der Waals surface area contributed by atoms with Crippen LogP contribution in [-0.4, -0.2) is 12.1 Å². The van der Waals surface area contributed by atoms with Crippen molar-refractivity contribution in [2.75, 3.05) is 0 Å². The molecule has 0 N–H and O–H groups in total. The van der Waals surface area contributed by atoms with E-state index in [1.54, 1.807) is 0 Å². The highest BCUT2D eigenvalue weighted by molar-refractivity contribution is 5.89. The molecule has 2 fully saturated rings. The summed E-state index contributed by atoms with van der Waals surface area (Å²) in [6.45, 7) is 4.51. The van der Waals surface area contributed by atoms with E-state index in [4.69, 9.17) is 4.74 Å². The van der Waals surface area contributed by atoms with E-state index in [1.807, 2.05) is 12.1 Å². The second kappa shape index (κ2) is 14.7. The SMILES string of the molecule is CCCCCCCC1(C#N)CCC(OC(=O)c2ccc(C3CCC(CCCCC)CC3)cc2)CC1. The molecule has 2 aliphatic rings. The molecule has 0 amide bonds. The molecule has 0 bridgehead atoms. The molecule has 1 aromatic carbocycles. The largest absolute Gasteiger partial charge is 0.459 e. The maximum atomic E-state index is 12.8. The number of hydrogen-bond acceptors (Lipinski definition) is 3. The van der Waals surface area contributed by atoms with Gasteiger partial charge in [0.05, 0.1) is 17.0 Å². The zero-order valence-corrected chi connectivity index (χ0v) is 22.5. The molecule has 0 saturated heterocycles. The summed E-state index contributed by atoms with van der Waals surface area (Å²) in [5.74, 6) is 1.36. The molecule has 0 spiro atoms. The second-order valence-corrected chi connectivity index (χ2v) is 11.5. The summed E-state index contributed by atoms with van der Waals surface area (Å²) >= 11 is 0. The Balaban J connectivity index is 1.40. The second-order valence-electron chi connectivity index (χ2n) is 11.5. The maximum absolute atomic E-state index is 12.8. The van der Waals surface area contributed by atoms with E-state index in [0.717, 1.165) is 44.4 Å². The van der Waals surface area contributed by atoms with Crippen LogP contribution in [0, 0.1) is 22.7 Å². The van der Waals surface area contributed by atoms with Crippen molar-refractivity contribution in [1.29, 1.82) is 5.26 Å². The van der Waals surface area contributed by atoms with Crippen LogP contribution in [0.4, 0.5) is 0 Å². The third kappa shape index (κ3) is 8.66. The summed E-state index contributed by atoms with van der Waals surface area (Å²) in [7, 11) is 0. The average Bonchev–Trinajstić information content (AvgIpc) is 2.90. The van der Waals surface area contributed by atoms with Crippen molar-refractivity contribution in [2.24, 2.45) is 11.3 Å². The lowest BCUT2D eigenvalue weighted by molar-refractivity contribution is 0.0105. The first-order chi connectivity index (χ1) is 17.1. The fraction of sp³-hybridized carbons (Fsp3) is 0.750. The number of nitriles is 1. The van der Waals surface area contributed by atoms with Crippen LogP contribution in [0.1, 0.15) is 151 Å². The Bertz CT molecular complexity index is 777. The molecule has 0 aromatic heterocycles. The number of ether oxygens (including phenoxy) is 1. The third-order valence-corrected chi connectivity index (χ3v) is 8.84. The van der Waals surface area contributed by atoms with Gasteiger partial charge >= 0.3 is 5.97 Å². The minimum atomic E-state index is -0.204. The lowest BCUT2D eigenvalue weighted by Crippen LogP contribution is -2.31. The van der Waals surface area contributed by atoms with E-state index in [2.05, 4.69) is 32.0 Å². The molecule has 3 nitrogen and oxygen atoms in total. The zero-order chi connectivity index (χ0) is 24.9. The number of benzene rings is 1. The normalized spacial score (nSPS) is 26.7. The van der Waals surface area contributed by atoms with Crippen LogP contribution >= 0.6 is 0 Å². The Morgan fingerprint density at radius 3 is 2.14 bits per heavy atom. The van der Waals surface area contributed by atoms with Crippen molar-refractivity contribution in [3.05, 3.63) is 35.4 Å². The molecule has 0 unspecified atom stereocenters. The summed E-state index contributed by atoms with van der Waals surface area (Å²) in [5, 5.41) is 9.83. The van der Waals surface area contributed by atoms with Crippen molar-refractivity contribution < 1.29 is 9.53 Å². The zero-order valence-electron chi connectivity index (χ0n) is 22.5. The van der Waals surface area contributed by atoms with Gasteiger partial charge in [0.1, 0.15) is 6.10 Å². The quantitative estimate of drug-likeness (QED) is 0.209. The smallest absolute Gasteiger partial charge is 0.338 e. The molecule has 2 saturated carbocycles. The van der Waals surface area contributed by atoms with Crippen molar-refractivity contribution in [1.82, 2.24) is 0 Å². The van der Waals surface area contributed by atoms with Gasteiger partial charge in [0, 0.05) is 0 Å². The third-order valence-electron chi connectivity index (χ3n) is 8.84. The van der Waals surface area contributed by atoms with Gasteiger partial charge in [0.15, 0.2) is 0 Å². The average molecular weight is 480 g/mol. The summed E-state index contributed by atoms with van der Waals surface area (Å²) in [5.41, 5.74) is 1.84. The highest BCUT2D eigenvalue weighted by Crippen LogP contribution is 2.41. The molecule has 194 valence electrons. The number of rotatable bonds is 13. The highest BCUT2D eigenvalue weighted by atomic mass is 16.5. The minimum absolute atomic E-state index is 0.0493. The van der Waals surface area contributed by atoms with Crippen LogP contribution in [0.3, 0.4) is 0 Å². The van der Waals surface area contributed by atoms with Gasteiger partial charge in [-0.1, -0.05) is 83.8 Å². The maximum Gasteiger partial charge on any atom is 0.338 e. The fourth-order valence-electron chi connectivity index (χ4n) is 6.32. The lowest BCUT2D eigenvalue weighted by Gasteiger charge is -2.34. The predicted octanol–water partition coefficient (Wildman–Crippen LogP) is 9.51. The molecule has 0 radical (unpaired) electrons. The first-order valence-corrected chi connectivity index (χ1v) is 14.8. The van der Waals surface area contributed by atoms with Gasteiger partial charge < -0.3 is 4.74 Å².